The number of unbranched alkanes of at least 4 members (excludes halogenated alkanes) is 1. The minimum Gasteiger partial charge on any atom is -0.323 e. The Morgan fingerprint density at radius 1 is 1.33 bits per heavy atom. The number of rotatable bonds is 7. The van der Waals surface area contributed by atoms with Gasteiger partial charge in [0.2, 0.25) is 0 Å². The van der Waals surface area contributed by atoms with Crippen LogP contribution in [0.3, 0.4) is 0 Å². The maximum Gasteiger partial charge on any atom is 0.159 e. The fourth-order valence-electron chi connectivity index (χ4n) is 2.47. The van der Waals surface area contributed by atoms with Gasteiger partial charge in [0.05, 0.1) is 0 Å². The van der Waals surface area contributed by atoms with Crippen LogP contribution in [0.15, 0.2) is 24.4 Å². The summed E-state index contributed by atoms with van der Waals surface area (Å²) >= 11 is 5.60. The molecule has 3 nitrogen and oxygen atoms in total. The second kappa shape index (κ2) is 7.55. The van der Waals surface area contributed by atoms with Crippen molar-refractivity contribution >= 4 is 23.3 Å². The van der Waals surface area contributed by atoms with Gasteiger partial charge in [-0.25, -0.2) is 9.66 Å². The third-order valence-corrected chi connectivity index (χ3v) is 4.14. The first-order valence-corrected chi connectivity index (χ1v) is 8.27. The number of nitrogens with zero attached hydrogens (tertiary/aromatic N) is 2. The van der Waals surface area contributed by atoms with Crippen molar-refractivity contribution in [3.05, 3.63) is 34.6 Å². The molecule has 4 heteroatoms. The fraction of sp³-hybridized carbons (Fsp3) is 0.529. The zero-order valence-corrected chi connectivity index (χ0v) is 14.0. The van der Waals surface area contributed by atoms with Crippen LogP contribution in [0.25, 0.3) is 11.0 Å². The molecule has 0 bridgehead atoms. The van der Waals surface area contributed by atoms with Gasteiger partial charge in [-0.05, 0) is 42.5 Å². The summed E-state index contributed by atoms with van der Waals surface area (Å²) in [6, 6.07) is 6.21. The van der Waals surface area contributed by atoms with E-state index in [9.17, 15) is 0 Å². The van der Waals surface area contributed by atoms with Gasteiger partial charge in [0, 0.05) is 18.1 Å². The van der Waals surface area contributed by atoms with Gasteiger partial charge in [0.15, 0.2) is 5.65 Å². The molecule has 21 heavy (non-hydrogen) atoms. The maximum atomic E-state index is 5.60. The van der Waals surface area contributed by atoms with Gasteiger partial charge in [0.1, 0.15) is 4.64 Å². The van der Waals surface area contributed by atoms with E-state index in [0.717, 1.165) is 41.0 Å². The van der Waals surface area contributed by atoms with Crippen LogP contribution in [0.1, 0.15) is 45.6 Å². The van der Waals surface area contributed by atoms with Gasteiger partial charge < -0.3 is 5.43 Å². The van der Waals surface area contributed by atoms with Crippen molar-refractivity contribution in [3.63, 3.8) is 0 Å². The summed E-state index contributed by atoms with van der Waals surface area (Å²) in [5.74, 6) is 0.776. The van der Waals surface area contributed by atoms with Crippen molar-refractivity contribution in [2.24, 2.45) is 5.92 Å². The zero-order chi connectivity index (χ0) is 15.2. The van der Waals surface area contributed by atoms with Gasteiger partial charge >= 0.3 is 0 Å². The fourth-order valence-corrected chi connectivity index (χ4v) is 2.82. The molecule has 0 aliphatic carbocycles. The molecule has 114 valence electrons. The molecule has 0 aromatic carbocycles. The summed E-state index contributed by atoms with van der Waals surface area (Å²) < 4.78 is 2.84. The third kappa shape index (κ3) is 4.03. The smallest absolute Gasteiger partial charge is 0.159 e. The van der Waals surface area contributed by atoms with Crippen LogP contribution in [-0.4, -0.2) is 16.2 Å². The molecule has 0 spiro atoms. The normalized spacial score (nSPS) is 11.2. The van der Waals surface area contributed by atoms with E-state index in [1.807, 2.05) is 16.9 Å². The third-order valence-electron chi connectivity index (χ3n) is 3.70. The van der Waals surface area contributed by atoms with Crippen LogP contribution in [-0.2, 0) is 6.42 Å². The molecular weight excluding hydrogens is 278 g/mol. The number of hydrogen-bond acceptors (Lipinski definition) is 3. The predicted octanol–water partition coefficient (Wildman–Crippen LogP) is 4.70. The van der Waals surface area contributed by atoms with Crippen molar-refractivity contribution in [2.75, 3.05) is 12.0 Å². The first kappa shape index (κ1) is 16.0. The van der Waals surface area contributed by atoms with Crippen LogP contribution in [0.4, 0.5) is 0 Å². The lowest BCUT2D eigenvalue weighted by Gasteiger charge is -2.15. The predicted molar refractivity (Wildman–Crippen MR) is 92.9 cm³/mol. The largest absolute Gasteiger partial charge is 0.323 e. The lowest BCUT2D eigenvalue weighted by Crippen LogP contribution is -2.19. The highest BCUT2D eigenvalue weighted by Gasteiger charge is 2.06. The average Bonchev–Trinajstić information content (AvgIpc) is 2.48. The molecule has 0 fully saturated rings. The van der Waals surface area contributed by atoms with Crippen molar-refractivity contribution in [1.29, 1.82) is 0 Å². The Kier molecular flexibility index (Phi) is 5.74. The van der Waals surface area contributed by atoms with E-state index in [1.54, 1.807) is 0 Å². The summed E-state index contributed by atoms with van der Waals surface area (Å²) in [7, 11) is 0. The van der Waals surface area contributed by atoms with Crippen molar-refractivity contribution < 1.29 is 0 Å². The molecule has 0 aliphatic heterocycles. The molecule has 0 saturated heterocycles. The molecule has 0 amide bonds. The van der Waals surface area contributed by atoms with Crippen LogP contribution >= 0.6 is 12.2 Å². The molecule has 0 saturated carbocycles. The standard InChI is InChI=1S/C17H25N3S/c1-4-14-12-15-9-7-10-18-16(15)20(17(14)21)19-11-6-5-8-13(2)3/h7,9-10,12-13,19H,4-6,8,11H2,1-3H3. The second-order valence-corrected chi connectivity index (χ2v) is 6.26. The summed E-state index contributed by atoms with van der Waals surface area (Å²) in [6.07, 6.45) is 6.45. The topological polar surface area (TPSA) is 29.9 Å². The molecule has 0 radical (unpaired) electrons. The van der Waals surface area contributed by atoms with Crippen LogP contribution < -0.4 is 5.43 Å². The monoisotopic (exact) mass is 303 g/mol. The average molecular weight is 303 g/mol. The number of nitrogens with one attached hydrogen (secondary N) is 1. The Labute approximate surface area is 132 Å². The Bertz CT molecular complexity index is 646. The molecule has 2 heterocycles. The van der Waals surface area contributed by atoms with E-state index in [0.29, 0.717) is 0 Å². The molecule has 0 atom stereocenters. The summed E-state index contributed by atoms with van der Waals surface area (Å²) in [5, 5.41) is 1.14. The highest BCUT2D eigenvalue weighted by Crippen LogP contribution is 2.16. The van der Waals surface area contributed by atoms with Crippen molar-refractivity contribution in [2.45, 2.75) is 46.5 Å². The Hall–Kier alpha value is -1.42. The summed E-state index contributed by atoms with van der Waals surface area (Å²) in [5.41, 5.74) is 5.57. The summed E-state index contributed by atoms with van der Waals surface area (Å²) in [4.78, 5) is 4.48. The van der Waals surface area contributed by atoms with E-state index in [1.165, 1.54) is 18.4 Å². The number of fused-ring (bicyclic) bond motifs is 1. The van der Waals surface area contributed by atoms with E-state index in [-0.39, 0.29) is 0 Å². The molecule has 2 rings (SSSR count). The van der Waals surface area contributed by atoms with Gasteiger partial charge in [-0.2, -0.15) is 0 Å². The van der Waals surface area contributed by atoms with Gasteiger partial charge in [0.25, 0.3) is 0 Å². The van der Waals surface area contributed by atoms with Gasteiger partial charge in [-0.1, -0.05) is 45.8 Å². The number of aryl methyl sites for hydroxylation is 1. The second-order valence-electron chi connectivity index (χ2n) is 5.88. The molecule has 0 aliphatic rings. The van der Waals surface area contributed by atoms with Crippen LogP contribution in [0.5, 0.6) is 0 Å². The minimum absolute atomic E-state index is 0.776. The highest BCUT2D eigenvalue weighted by atomic mass is 32.1. The SMILES string of the molecule is CCc1cc2cccnc2n(NCCCCC(C)C)c1=S. The first-order chi connectivity index (χ1) is 10.1. The molecule has 2 aromatic rings. The van der Waals surface area contributed by atoms with E-state index >= 15 is 0 Å². The summed E-state index contributed by atoms with van der Waals surface area (Å²) in [6.45, 7) is 7.61. The Balaban J connectivity index is 2.17. The van der Waals surface area contributed by atoms with Crippen LogP contribution in [0, 0.1) is 10.6 Å². The van der Waals surface area contributed by atoms with Gasteiger partial charge in [-0.15, -0.1) is 0 Å². The number of hydrogen-bond donors (Lipinski definition) is 1. The quantitative estimate of drug-likeness (QED) is 0.594. The van der Waals surface area contributed by atoms with E-state index < -0.39 is 0 Å². The lowest BCUT2D eigenvalue weighted by atomic mass is 10.1. The Morgan fingerprint density at radius 3 is 2.86 bits per heavy atom. The molecule has 1 N–H and O–H groups in total. The molecule has 2 aromatic heterocycles. The highest BCUT2D eigenvalue weighted by molar-refractivity contribution is 7.71. The maximum absolute atomic E-state index is 5.60. The van der Waals surface area contributed by atoms with Crippen molar-refractivity contribution in [1.82, 2.24) is 9.66 Å². The van der Waals surface area contributed by atoms with Gasteiger partial charge in [-0.3, -0.25) is 0 Å². The van der Waals surface area contributed by atoms with Crippen LogP contribution in [0.2, 0.25) is 0 Å². The number of pyridine rings is 2. The first-order valence-electron chi connectivity index (χ1n) is 7.87. The van der Waals surface area contributed by atoms with E-state index in [4.69, 9.17) is 12.2 Å². The zero-order valence-electron chi connectivity index (χ0n) is 13.2. The minimum atomic E-state index is 0.776. The molecular formula is C17H25N3S. The number of aromatic nitrogens is 2. The van der Waals surface area contributed by atoms with Crippen molar-refractivity contribution in [3.8, 4) is 0 Å². The van der Waals surface area contributed by atoms with E-state index in [2.05, 4.69) is 43.3 Å². The Morgan fingerprint density at radius 2 is 2.14 bits per heavy atom. The lowest BCUT2D eigenvalue weighted by molar-refractivity contribution is 0.540. The molecule has 0 unspecified atom stereocenters.